The summed E-state index contributed by atoms with van der Waals surface area (Å²) in [6, 6.07) is 6.66. The molecule has 0 saturated carbocycles. The van der Waals surface area contributed by atoms with Gasteiger partial charge in [-0.15, -0.1) is 0 Å². The zero-order chi connectivity index (χ0) is 15.2. The van der Waals surface area contributed by atoms with Crippen LogP contribution in [-0.4, -0.2) is 21.8 Å². The molecule has 0 aliphatic rings. The molecule has 112 valence electrons. The number of hydrogen-bond donors (Lipinski definition) is 0. The van der Waals surface area contributed by atoms with Gasteiger partial charge in [0.25, 0.3) is 5.69 Å². The Morgan fingerprint density at radius 1 is 1.43 bits per heavy atom. The third-order valence-electron chi connectivity index (χ3n) is 3.29. The highest BCUT2D eigenvalue weighted by molar-refractivity contribution is 9.09. The number of benzene rings is 1. The van der Waals surface area contributed by atoms with Crippen molar-refractivity contribution >= 4 is 32.5 Å². The highest BCUT2D eigenvalue weighted by atomic mass is 79.9. The first-order valence-electron chi connectivity index (χ1n) is 6.88. The van der Waals surface area contributed by atoms with E-state index in [1.54, 1.807) is 24.4 Å². The Bertz CT molecular complexity index is 633. The molecule has 21 heavy (non-hydrogen) atoms. The van der Waals surface area contributed by atoms with Gasteiger partial charge >= 0.3 is 0 Å². The summed E-state index contributed by atoms with van der Waals surface area (Å²) in [4.78, 5) is 14.7. The molecule has 0 N–H and O–H groups in total. The number of ether oxygens (including phenoxy) is 1. The first-order chi connectivity index (χ1) is 10.2. The van der Waals surface area contributed by atoms with Crippen molar-refractivity contribution in [2.24, 2.45) is 5.92 Å². The maximum Gasteiger partial charge on any atom is 0.295 e. The van der Waals surface area contributed by atoms with Crippen molar-refractivity contribution < 1.29 is 9.66 Å². The van der Waals surface area contributed by atoms with Crippen LogP contribution in [0.25, 0.3) is 10.9 Å². The average molecular weight is 353 g/mol. The number of rotatable bonds is 7. The lowest BCUT2D eigenvalue weighted by atomic mass is 10.1. The highest BCUT2D eigenvalue weighted by Gasteiger charge is 2.16. The summed E-state index contributed by atoms with van der Waals surface area (Å²) in [6.45, 7) is 2.72. The van der Waals surface area contributed by atoms with Gasteiger partial charge in [0, 0.05) is 28.9 Å². The van der Waals surface area contributed by atoms with Crippen molar-refractivity contribution in [1.29, 1.82) is 0 Å². The Kier molecular flexibility index (Phi) is 5.50. The number of fused-ring (bicyclic) bond motifs is 1. The monoisotopic (exact) mass is 352 g/mol. The molecule has 0 aliphatic carbocycles. The SMILES string of the molecule is CCCC(CBr)COc1ccc([N+](=O)[O-])c2ncccc12. The average Bonchev–Trinajstić information content (AvgIpc) is 2.50. The van der Waals surface area contributed by atoms with Crippen LogP contribution in [0.2, 0.25) is 0 Å². The number of nitrogens with zero attached hydrogens (tertiary/aromatic N) is 2. The van der Waals surface area contributed by atoms with E-state index in [-0.39, 0.29) is 5.69 Å². The fourth-order valence-corrected chi connectivity index (χ4v) is 2.74. The van der Waals surface area contributed by atoms with E-state index in [0.29, 0.717) is 29.2 Å². The third-order valence-corrected chi connectivity index (χ3v) is 4.21. The zero-order valence-corrected chi connectivity index (χ0v) is 13.4. The van der Waals surface area contributed by atoms with E-state index in [9.17, 15) is 10.1 Å². The second-order valence-corrected chi connectivity index (χ2v) is 5.51. The molecule has 0 saturated heterocycles. The molecule has 1 aromatic heterocycles. The molecule has 1 heterocycles. The van der Waals surface area contributed by atoms with E-state index >= 15 is 0 Å². The summed E-state index contributed by atoms with van der Waals surface area (Å²) in [6.07, 6.45) is 3.73. The number of nitro groups is 1. The minimum absolute atomic E-state index is 0.00329. The number of nitro benzene ring substituents is 1. The fourth-order valence-electron chi connectivity index (χ4n) is 2.23. The molecule has 0 fully saturated rings. The van der Waals surface area contributed by atoms with Gasteiger partial charge in [-0.1, -0.05) is 29.3 Å². The van der Waals surface area contributed by atoms with Crippen molar-refractivity contribution in [2.45, 2.75) is 19.8 Å². The van der Waals surface area contributed by atoms with Crippen LogP contribution in [0.15, 0.2) is 30.5 Å². The van der Waals surface area contributed by atoms with Crippen LogP contribution in [-0.2, 0) is 0 Å². The molecule has 5 nitrogen and oxygen atoms in total. The Balaban J connectivity index is 2.29. The normalized spacial score (nSPS) is 12.3. The molecule has 0 bridgehead atoms. The highest BCUT2D eigenvalue weighted by Crippen LogP contribution is 2.31. The zero-order valence-electron chi connectivity index (χ0n) is 11.8. The summed E-state index contributed by atoms with van der Waals surface area (Å²) in [5, 5.41) is 12.6. The first-order valence-corrected chi connectivity index (χ1v) is 8.00. The smallest absolute Gasteiger partial charge is 0.295 e. The third kappa shape index (κ3) is 3.69. The van der Waals surface area contributed by atoms with Gasteiger partial charge in [0.05, 0.1) is 11.5 Å². The molecular weight excluding hydrogens is 336 g/mol. The topological polar surface area (TPSA) is 65.3 Å². The molecule has 1 aromatic carbocycles. The van der Waals surface area contributed by atoms with Crippen LogP contribution < -0.4 is 4.74 Å². The summed E-state index contributed by atoms with van der Waals surface area (Å²) >= 11 is 3.49. The van der Waals surface area contributed by atoms with Crippen molar-refractivity contribution in [3.63, 3.8) is 0 Å². The molecule has 2 rings (SSSR count). The minimum Gasteiger partial charge on any atom is -0.493 e. The molecule has 0 spiro atoms. The van der Waals surface area contributed by atoms with Gasteiger partial charge in [-0.05, 0) is 24.6 Å². The number of non-ortho nitro benzene ring substituents is 1. The number of alkyl halides is 1. The van der Waals surface area contributed by atoms with E-state index in [0.717, 1.165) is 18.2 Å². The lowest BCUT2D eigenvalue weighted by Crippen LogP contribution is -2.13. The standard InChI is InChI=1S/C15H17BrN2O3/c1-2-4-11(9-16)10-21-14-7-6-13(18(19)20)15-12(14)5-3-8-17-15/h3,5-8,11H,2,4,9-10H2,1H3. The van der Waals surface area contributed by atoms with E-state index in [1.807, 2.05) is 0 Å². The second-order valence-electron chi connectivity index (χ2n) is 4.86. The maximum absolute atomic E-state index is 11.0. The maximum atomic E-state index is 11.0. The van der Waals surface area contributed by atoms with Gasteiger partial charge in [-0.3, -0.25) is 10.1 Å². The number of hydrogen-bond acceptors (Lipinski definition) is 4. The molecule has 0 radical (unpaired) electrons. The Hall–Kier alpha value is -1.69. The summed E-state index contributed by atoms with van der Waals surface area (Å²) in [5.74, 6) is 1.07. The van der Waals surface area contributed by atoms with E-state index in [1.165, 1.54) is 6.07 Å². The van der Waals surface area contributed by atoms with Crippen molar-refractivity contribution in [3.05, 3.63) is 40.6 Å². The van der Waals surface area contributed by atoms with Crippen LogP contribution in [0.1, 0.15) is 19.8 Å². The first kappa shape index (κ1) is 15.7. The van der Waals surface area contributed by atoms with Gasteiger partial charge in [-0.25, -0.2) is 4.98 Å². The Labute approximate surface area is 131 Å². The second kappa shape index (κ2) is 7.36. The largest absolute Gasteiger partial charge is 0.493 e. The molecular formula is C15H17BrN2O3. The van der Waals surface area contributed by atoms with Crippen LogP contribution >= 0.6 is 15.9 Å². The van der Waals surface area contributed by atoms with Crippen LogP contribution in [0.3, 0.4) is 0 Å². The lowest BCUT2D eigenvalue weighted by Gasteiger charge is -2.15. The molecule has 6 heteroatoms. The molecule has 0 amide bonds. The van der Waals surface area contributed by atoms with Crippen molar-refractivity contribution in [2.75, 3.05) is 11.9 Å². The summed E-state index contributed by atoms with van der Waals surface area (Å²) in [5.41, 5.74) is 0.370. The lowest BCUT2D eigenvalue weighted by molar-refractivity contribution is -0.383. The van der Waals surface area contributed by atoms with E-state index in [2.05, 4.69) is 27.8 Å². The van der Waals surface area contributed by atoms with Crippen LogP contribution in [0, 0.1) is 16.0 Å². The van der Waals surface area contributed by atoms with Gasteiger partial charge < -0.3 is 4.74 Å². The molecule has 1 unspecified atom stereocenters. The van der Waals surface area contributed by atoms with E-state index < -0.39 is 4.92 Å². The number of halogens is 1. The molecule has 1 atom stereocenters. The quantitative estimate of drug-likeness (QED) is 0.422. The van der Waals surface area contributed by atoms with E-state index in [4.69, 9.17) is 4.74 Å². The number of aromatic nitrogens is 1. The van der Waals surface area contributed by atoms with Gasteiger partial charge in [0.2, 0.25) is 0 Å². The molecule has 0 aliphatic heterocycles. The Morgan fingerprint density at radius 2 is 2.24 bits per heavy atom. The van der Waals surface area contributed by atoms with Gasteiger partial charge in [-0.2, -0.15) is 0 Å². The van der Waals surface area contributed by atoms with Crippen molar-refractivity contribution in [3.8, 4) is 5.75 Å². The van der Waals surface area contributed by atoms with Crippen LogP contribution in [0.5, 0.6) is 5.75 Å². The predicted octanol–water partition coefficient (Wildman–Crippen LogP) is 4.33. The summed E-state index contributed by atoms with van der Waals surface area (Å²) < 4.78 is 5.87. The fraction of sp³-hybridized carbons (Fsp3) is 0.400. The van der Waals surface area contributed by atoms with Gasteiger partial charge in [0.15, 0.2) is 5.52 Å². The predicted molar refractivity (Wildman–Crippen MR) is 86.1 cm³/mol. The summed E-state index contributed by atoms with van der Waals surface area (Å²) in [7, 11) is 0. The minimum atomic E-state index is -0.419. The van der Waals surface area contributed by atoms with Crippen molar-refractivity contribution in [1.82, 2.24) is 4.98 Å². The van der Waals surface area contributed by atoms with Gasteiger partial charge in [0.1, 0.15) is 5.75 Å². The molecule has 2 aromatic rings. The Morgan fingerprint density at radius 3 is 2.90 bits per heavy atom. The number of pyridine rings is 1. The van der Waals surface area contributed by atoms with Crippen LogP contribution in [0.4, 0.5) is 5.69 Å².